The smallest absolute Gasteiger partial charge is 0.366 e. The topological polar surface area (TPSA) is 59.4 Å². The van der Waals surface area contributed by atoms with E-state index in [1.165, 1.54) is 4.90 Å². The summed E-state index contributed by atoms with van der Waals surface area (Å²) in [5, 5.41) is 6.72. The molecule has 1 aliphatic heterocycles. The summed E-state index contributed by atoms with van der Waals surface area (Å²) >= 11 is 0. The molecule has 1 aliphatic rings. The molecule has 0 bridgehead atoms. The Balaban J connectivity index is 1.89. The molecule has 9 heteroatoms. The monoisotopic (exact) mass is 306 g/mol. The van der Waals surface area contributed by atoms with E-state index in [-0.39, 0.29) is 25.6 Å². The van der Waals surface area contributed by atoms with Crippen molar-refractivity contribution < 1.29 is 22.7 Å². The van der Waals surface area contributed by atoms with Crippen LogP contribution in [0.3, 0.4) is 0 Å². The minimum atomic E-state index is -4.41. The van der Waals surface area contributed by atoms with Crippen LogP contribution in [0.2, 0.25) is 0 Å². The fraction of sp³-hybridized carbons (Fsp3) is 0.667. The molecule has 0 aliphatic carbocycles. The fourth-order valence-electron chi connectivity index (χ4n) is 2.16. The van der Waals surface area contributed by atoms with E-state index in [1.807, 2.05) is 0 Å². The number of morpholine rings is 1. The molecule has 1 fully saturated rings. The molecule has 2 rings (SSSR count). The van der Waals surface area contributed by atoms with Crippen molar-refractivity contribution in [3.8, 4) is 0 Å². The summed E-state index contributed by atoms with van der Waals surface area (Å²) in [4.78, 5) is 13.3. The maximum Gasteiger partial charge on any atom is 0.415 e. The molecule has 1 atom stereocenters. The van der Waals surface area contributed by atoms with Crippen molar-refractivity contribution in [3.05, 3.63) is 11.9 Å². The Morgan fingerprint density at radius 3 is 2.86 bits per heavy atom. The molecule has 2 heterocycles. The number of carbonyl (C=O) groups excluding carboxylic acids is 1. The molecular weight excluding hydrogens is 289 g/mol. The van der Waals surface area contributed by atoms with Crippen LogP contribution in [0.1, 0.15) is 5.69 Å². The van der Waals surface area contributed by atoms with Gasteiger partial charge in [-0.3, -0.25) is 14.4 Å². The molecule has 0 spiro atoms. The van der Waals surface area contributed by atoms with Crippen molar-refractivity contribution in [1.82, 2.24) is 14.7 Å². The number of aryl methyl sites for hydroxylation is 2. The molecule has 1 aromatic heterocycles. The van der Waals surface area contributed by atoms with Crippen molar-refractivity contribution in [2.45, 2.75) is 19.2 Å². The van der Waals surface area contributed by atoms with Crippen LogP contribution in [0, 0.1) is 6.92 Å². The summed E-state index contributed by atoms with van der Waals surface area (Å²) in [5.41, 5.74) is 1.21. The zero-order chi connectivity index (χ0) is 15.6. The van der Waals surface area contributed by atoms with Gasteiger partial charge < -0.3 is 10.1 Å². The molecular formula is C12H17F3N4O2. The summed E-state index contributed by atoms with van der Waals surface area (Å²) in [6.07, 6.45) is -4.60. The largest absolute Gasteiger partial charge is 0.415 e. The summed E-state index contributed by atoms with van der Waals surface area (Å²) in [5.74, 6) is -0.367. The van der Waals surface area contributed by atoms with Crippen LogP contribution in [-0.4, -0.2) is 59.1 Å². The third-order valence-corrected chi connectivity index (χ3v) is 3.17. The van der Waals surface area contributed by atoms with Gasteiger partial charge in [0.05, 0.1) is 24.5 Å². The molecule has 1 N–H and O–H groups in total. The van der Waals surface area contributed by atoms with Crippen molar-refractivity contribution >= 4 is 11.6 Å². The number of rotatable bonds is 3. The third kappa shape index (κ3) is 4.18. The predicted molar refractivity (Wildman–Crippen MR) is 68.8 cm³/mol. The summed E-state index contributed by atoms with van der Waals surface area (Å²) in [6, 6.07) is 0. The lowest BCUT2D eigenvalue weighted by Gasteiger charge is -2.33. The van der Waals surface area contributed by atoms with Gasteiger partial charge in [0.15, 0.2) is 6.10 Å². The van der Waals surface area contributed by atoms with Crippen molar-refractivity contribution in [1.29, 1.82) is 0 Å². The van der Waals surface area contributed by atoms with E-state index in [1.54, 1.807) is 24.9 Å². The fourth-order valence-corrected chi connectivity index (χ4v) is 2.16. The number of nitrogens with one attached hydrogen (secondary N) is 1. The molecule has 0 unspecified atom stereocenters. The number of aromatic nitrogens is 2. The van der Waals surface area contributed by atoms with Crippen molar-refractivity contribution in [3.63, 3.8) is 0 Å². The molecule has 0 aromatic carbocycles. The first-order valence-electron chi connectivity index (χ1n) is 6.46. The highest BCUT2D eigenvalue weighted by molar-refractivity contribution is 5.92. The third-order valence-electron chi connectivity index (χ3n) is 3.17. The zero-order valence-electron chi connectivity index (χ0n) is 11.8. The van der Waals surface area contributed by atoms with Crippen LogP contribution in [0.5, 0.6) is 0 Å². The lowest BCUT2D eigenvalue weighted by Crippen LogP contribution is -2.50. The van der Waals surface area contributed by atoms with Gasteiger partial charge in [0.25, 0.3) is 0 Å². The molecule has 1 amide bonds. The van der Waals surface area contributed by atoms with E-state index in [4.69, 9.17) is 0 Å². The van der Waals surface area contributed by atoms with Crippen LogP contribution in [0.4, 0.5) is 18.9 Å². The Morgan fingerprint density at radius 2 is 2.29 bits per heavy atom. The Hall–Kier alpha value is -1.61. The molecule has 6 nitrogen and oxygen atoms in total. The number of ether oxygens (including phenoxy) is 1. The van der Waals surface area contributed by atoms with Crippen LogP contribution < -0.4 is 5.32 Å². The molecule has 0 radical (unpaired) electrons. The van der Waals surface area contributed by atoms with Gasteiger partial charge in [0.1, 0.15) is 0 Å². The number of nitrogens with zero attached hydrogens (tertiary/aromatic N) is 3. The van der Waals surface area contributed by atoms with Crippen molar-refractivity contribution in [2.24, 2.45) is 7.05 Å². The number of anilines is 1. The highest BCUT2D eigenvalue weighted by Crippen LogP contribution is 2.25. The quantitative estimate of drug-likeness (QED) is 0.902. The zero-order valence-corrected chi connectivity index (χ0v) is 11.8. The van der Waals surface area contributed by atoms with Gasteiger partial charge in [0.2, 0.25) is 5.91 Å². The van der Waals surface area contributed by atoms with E-state index < -0.39 is 12.3 Å². The molecule has 1 saturated heterocycles. The Kier molecular flexibility index (Phi) is 4.52. The second kappa shape index (κ2) is 6.02. The van der Waals surface area contributed by atoms with Gasteiger partial charge in [-0.25, -0.2) is 0 Å². The average Bonchev–Trinajstić information content (AvgIpc) is 2.67. The van der Waals surface area contributed by atoms with E-state index in [0.29, 0.717) is 17.9 Å². The van der Waals surface area contributed by atoms with Crippen LogP contribution in [0.25, 0.3) is 0 Å². The minimum Gasteiger partial charge on any atom is -0.366 e. The van der Waals surface area contributed by atoms with E-state index in [2.05, 4.69) is 15.2 Å². The lowest BCUT2D eigenvalue weighted by atomic mass is 10.2. The number of hydrogen-bond donors (Lipinski definition) is 1. The van der Waals surface area contributed by atoms with Crippen LogP contribution >= 0.6 is 0 Å². The molecule has 0 saturated carbocycles. The number of carbonyl (C=O) groups is 1. The van der Waals surface area contributed by atoms with Crippen molar-refractivity contribution in [2.75, 3.05) is 31.6 Å². The number of halogens is 3. The highest BCUT2D eigenvalue weighted by atomic mass is 19.4. The predicted octanol–water partition coefficient (Wildman–Crippen LogP) is 0.930. The highest BCUT2D eigenvalue weighted by Gasteiger charge is 2.43. The minimum absolute atomic E-state index is 0.0383. The normalized spacial score (nSPS) is 20.5. The standard InChI is InChI=1S/C12H17F3N4O2/c1-8-9(5-18(2)17-8)16-11(20)7-19-3-4-21-10(6-19)12(13,14)15/h5,10H,3-4,6-7H2,1-2H3,(H,16,20)/t10-/m1/s1. The van der Waals surface area contributed by atoms with Crippen LogP contribution in [-0.2, 0) is 16.6 Å². The van der Waals surface area contributed by atoms with Gasteiger partial charge in [0, 0.05) is 26.3 Å². The first-order valence-corrected chi connectivity index (χ1v) is 6.46. The molecule has 118 valence electrons. The first-order chi connectivity index (χ1) is 9.75. The van der Waals surface area contributed by atoms with Gasteiger partial charge in [-0.1, -0.05) is 0 Å². The van der Waals surface area contributed by atoms with Gasteiger partial charge in [-0.2, -0.15) is 18.3 Å². The van der Waals surface area contributed by atoms with Gasteiger partial charge in [-0.05, 0) is 6.92 Å². The number of amides is 1. The Morgan fingerprint density at radius 1 is 1.57 bits per heavy atom. The summed E-state index contributed by atoms with van der Waals surface area (Å²) in [7, 11) is 1.72. The van der Waals surface area contributed by atoms with Gasteiger partial charge in [-0.15, -0.1) is 0 Å². The van der Waals surface area contributed by atoms with E-state index in [9.17, 15) is 18.0 Å². The summed E-state index contributed by atoms with van der Waals surface area (Å²) in [6.45, 7) is 1.56. The first kappa shape index (κ1) is 15.8. The van der Waals surface area contributed by atoms with E-state index >= 15 is 0 Å². The maximum absolute atomic E-state index is 12.6. The number of alkyl halides is 3. The average molecular weight is 306 g/mol. The van der Waals surface area contributed by atoms with Crippen LogP contribution in [0.15, 0.2) is 6.20 Å². The number of hydrogen-bond acceptors (Lipinski definition) is 4. The Labute approximate surface area is 119 Å². The second-order valence-electron chi connectivity index (χ2n) is 4.99. The maximum atomic E-state index is 12.6. The molecule has 1 aromatic rings. The van der Waals surface area contributed by atoms with E-state index in [0.717, 1.165) is 0 Å². The Bertz CT molecular complexity index is 515. The summed E-state index contributed by atoms with van der Waals surface area (Å²) < 4.78 is 44.0. The second-order valence-corrected chi connectivity index (χ2v) is 4.99. The molecule has 21 heavy (non-hydrogen) atoms. The SMILES string of the molecule is Cc1nn(C)cc1NC(=O)CN1CCO[C@@H](C(F)(F)F)C1. The lowest BCUT2D eigenvalue weighted by molar-refractivity contribution is -0.236. The van der Waals surface area contributed by atoms with Gasteiger partial charge >= 0.3 is 6.18 Å².